The third-order valence-electron chi connectivity index (χ3n) is 1.99. The number of benzene rings is 1. The summed E-state index contributed by atoms with van der Waals surface area (Å²) in [7, 11) is 0. The number of rotatable bonds is 4. The number of hydrogen-bond donors (Lipinski definition) is 1. The predicted octanol–water partition coefficient (Wildman–Crippen LogP) is 4.05. The average molecular weight is 288 g/mol. The van der Waals surface area contributed by atoms with Crippen molar-refractivity contribution in [3.05, 3.63) is 35.7 Å². The van der Waals surface area contributed by atoms with E-state index in [2.05, 4.69) is 15.0 Å². The van der Waals surface area contributed by atoms with Crippen molar-refractivity contribution in [2.45, 2.75) is 20.2 Å². The standard InChI is InChI=1S/C12H11F3N2O3/c1-7(18)11(8(2)19)17-16-9-4-3-5-10(6-9)20-12(13,14)15/h3-6,18H,1-2H3/b11-7+,17-16?. The number of carbonyl (C=O) groups is 1. The number of Topliss-reactive ketones (excluding diaryl/α,β-unsaturated/α-hetero) is 1. The van der Waals surface area contributed by atoms with Crippen LogP contribution in [0.2, 0.25) is 0 Å². The van der Waals surface area contributed by atoms with E-state index in [0.29, 0.717) is 0 Å². The third-order valence-corrected chi connectivity index (χ3v) is 1.99. The molecule has 0 heterocycles. The summed E-state index contributed by atoms with van der Waals surface area (Å²) in [6.45, 7) is 2.43. The van der Waals surface area contributed by atoms with E-state index in [0.717, 1.165) is 12.1 Å². The van der Waals surface area contributed by atoms with Crippen molar-refractivity contribution < 1.29 is 27.8 Å². The first-order valence-electron chi connectivity index (χ1n) is 5.37. The number of halogens is 3. The van der Waals surface area contributed by atoms with E-state index in [9.17, 15) is 23.1 Å². The summed E-state index contributed by atoms with van der Waals surface area (Å²) in [5.41, 5.74) is -0.223. The number of aliphatic hydroxyl groups excluding tert-OH is 1. The van der Waals surface area contributed by atoms with Gasteiger partial charge in [-0.1, -0.05) is 6.07 Å². The zero-order valence-corrected chi connectivity index (χ0v) is 10.6. The zero-order valence-electron chi connectivity index (χ0n) is 10.6. The first-order chi connectivity index (χ1) is 9.19. The maximum absolute atomic E-state index is 12.0. The number of aliphatic hydroxyl groups is 1. The molecule has 5 nitrogen and oxygen atoms in total. The molecule has 1 aromatic rings. The molecule has 1 rings (SSSR count). The first-order valence-corrected chi connectivity index (χ1v) is 5.37. The van der Waals surface area contributed by atoms with Gasteiger partial charge in [0.05, 0.1) is 5.69 Å². The van der Waals surface area contributed by atoms with Gasteiger partial charge in [0.25, 0.3) is 0 Å². The Balaban J connectivity index is 2.97. The number of ether oxygens (including phenoxy) is 1. The fraction of sp³-hybridized carbons (Fsp3) is 0.250. The molecule has 0 unspecified atom stereocenters. The molecule has 1 N–H and O–H groups in total. The van der Waals surface area contributed by atoms with Gasteiger partial charge in [-0.15, -0.1) is 18.3 Å². The highest BCUT2D eigenvalue weighted by Crippen LogP contribution is 2.26. The summed E-state index contributed by atoms with van der Waals surface area (Å²) in [6.07, 6.45) is -4.80. The number of azo groups is 1. The van der Waals surface area contributed by atoms with E-state index < -0.39 is 17.9 Å². The third kappa shape index (κ3) is 5.09. The minimum Gasteiger partial charge on any atom is -0.510 e. The topological polar surface area (TPSA) is 71.2 Å². The van der Waals surface area contributed by atoms with Crippen molar-refractivity contribution >= 4 is 11.5 Å². The minimum absolute atomic E-state index is 0.0479. The fourth-order valence-electron chi connectivity index (χ4n) is 1.25. The molecule has 1 aromatic carbocycles. The van der Waals surface area contributed by atoms with Crippen molar-refractivity contribution in [3.63, 3.8) is 0 Å². The summed E-state index contributed by atoms with van der Waals surface area (Å²) in [4.78, 5) is 11.1. The Kier molecular flexibility index (Phi) is 4.84. The highest BCUT2D eigenvalue weighted by atomic mass is 19.4. The Labute approximate surface area is 112 Å². The van der Waals surface area contributed by atoms with Crippen molar-refractivity contribution in [1.82, 2.24) is 0 Å². The van der Waals surface area contributed by atoms with Crippen LogP contribution in [-0.2, 0) is 4.79 Å². The number of alkyl halides is 3. The summed E-state index contributed by atoms with van der Waals surface area (Å²) in [6, 6.07) is 4.77. The SMILES string of the molecule is CC(=O)/C(N=Nc1cccc(OC(F)(F)F)c1)=C(/C)O. The number of ketones is 1. The normalized spacial score (nSPS) is 13.2. The Hall–Kier alpha value is -2.38. The maximum Gasteiger partial charge on any atom is 0.573 e. The highest BCUT2D eigenvalue weighted by Gasteiger charge is 2.31. The van der Waals surface area contributed by atoms with Crippen LogP contribution >= 0.6 is 0 Å². The summed E-state index contributed by atoms with van der Waals surface area (Å²) >= 11 is 0. The predicted molar refractivity (Wildman–Crippen MR) is 63.7 cm³/mol. The zero-order chi connectivity index (χ0) is 15.3. The minimum atomic E-state index is -4.80. The average Bonchev–Trinajstić information content (AvgIpc) is 2.26. The Morgan fingerprint density at radius 1 is 1.30 bits per heavy atom. The van der Waals surface area contributed by atoms with Crippen LogP contribution in [0.15, 0.2) is 46.0 Å². The van der Waals surface area contributed by atoms with Gasteiger partial charge in [0.15, 0.2) is 11.5 Å². The van der Waals surface area contributed by atoms with E-state index in [-0.39, 0.29) is 17.1 Å². The van der Waals surface area contributed by atoms with Gasteiger partial charge in [-0.25, -0.2) is 0 Å². The van der Waals surface area contributed by atoms with Crippen LogP contribution in [0.25, 0.3) is 0 Å². The molecule has 0 aliphatic carbocycles. The Bertz CT molecular complexity index is 561. The fourth-order valence-corrected chi connectivity index (χ4v) is 1.25. The lowest BCUT2D eigenvalue weighted by Crippen LogP contribution is -2.16. The van der Waals surface area contributed by atoms with Crippen LogP contribution < -0.4 is 4.74 Å². The van der Waals surface area contributed by atoms with Gasteiger partial charge >= 0.3 is 6.36 Å². The quantitative estimate of drug-likeness (QED) is 0.516. The molecule has 0 atom stereocenters. The van der Waals surface area contributed by atoms with Crippen LogP contribution in [-0.4, -0.2) is 17.3 Å². The monoisotopic (exact) mass is 288 g/mol. The van der Waals surface area contributed by atoms with Gasteiger partial charge in [0.1, 0.15) is 11.5 Å². The lowest BCUT2D eigenvalue weighted by atomic mass is 10.3. The molecule has 0 radical (unpaired) electrons. The molecule has 20 heavy (non-hydrogen) atoms. The maximum atomic E-state index is 12.0. The number of nitrogens with zero attached hydrogens (tertiary/aromatic N) is 2. The van der Waals surface area contributed by atoms with Crippen molar-refractivity contribution in [3.8, 4) is 5.75 Å². The van der Waals surface area contributed by atoms with Gasteiger partial charge < -0.3 is 9.84 Å². The number of carbonyl (C=O) groups excluding carboxylic acids is 1. The molecule has 0 aliphatic heterocycles. The molecule has 0 saturated heterocycles. The van der Waals surface area contributed by atoms with Crippen LogP contribution in [0, 0.1) is 0 Å². The molecule has 0 amide bonds. The lowest BCUT2D eigenvalue weighted by Gasteiger charge is -2.08. The van der Waals surface area contributed by atoms with Gasteiger partial charge in [-0.2, -0.15) is 5.11 Å². The number of allylic oxidation sites excluding steroid dienone is 2. The molecule has 0 spiro atoms. The molecule has 0 aliphatic rings. The molecule has 8 heteroatoms. The lowest BCUT2D eigenvalue weighted by molar-refractivity contribution is -0.274. The van der Waals surface area contributed by atoms with Gasteiger partial charge in [0.2, 0.25) is 0 Å². The molecule has 108 valence electrons. The van der Waals surface area contributed by atoms with Crippen molar-refractivity contribution in [2.24, 2.45) is 10.2 Å². The second kappa shape index (κ2) is 6.18. The Morgan fingerprint density at radius 3 is 2.45 bits per heavy atom. The Morgan fingerprint density at radius 2 is 1.95 bits per heavy atom. The summed E-state index contributed by atoms with van der Waals surface area (Å²) in [5.74, 6) is -1.30. The van der Waals surface area contributed by atoms with Crippen molar-refractivity contribution in [2.75, 3.05) is 0 Å². The summed E-state index contributed by atoms with van der Waals surface area (Å²) < 4.78 is 39.8. The highest BCUT2D eigenvalue weighted by molar-refractivity contribution is 5.93. The van der Waals surface area contributed by atoms with Crippen LogP contribution in [0.3, 0.4) is 0 Å². The number of hydrogen-bond acceptors (Lipinski definition) is 5. The molecule has 0 fully saturated rings. The van der Waals surface area contributed by atoms with E-state index in [4.69, 9.17) is 0 Å². The molecular formula is C12H11F3N2O3. The van der Waals surface area contributed by atoms with Crippen LogP contribution in [0.4, 0.5) is 18.9 Å². The first kappa shape index (κ1) is 15.7. The molecule has 0 saturated carbocycles. The van der Waals surface area contributed by atoms with E-state index >= 15 is 0 Å². The second-order valence-electron chi connectivity index (χ2n) is 3.74. The molecule has 0 aromatic heterocycles. The van der Waals surface area contributed by atoms with E-state index in [1.165, 1.54) is 26.0 Å². The second-order valence-corrected chi connectivity index (χ2v) is 3.74. The molecular weight excluding hydrogens is 277 g/mol. The smallest absolute Gasteiger partial charge is 0.510 e. The summed E-state index contributed by atoms with van der Waals surface area (Å²) in [5, 5.41) is 16.3. The molecule has 0 bridgehead atoms. The van der Waals surface area contributed by atoms with Crippen LogP contribution in [0.5, 0.6) is 5.75 Å². The van der Waals surface area contributed by atoms with Crippen molar-refractivity contribution in [1.29, 1.82) is 0 Å². The van der Waals surface area contributed by atoms with Crippen LogP contribution in [0.1, 0.15) is 13.8 Å². The van der Waals surface area contributed by atoms with Gasteiger partial charge in [-0.05, 0) is 19.1 Å². The van der Waals surface area contributed by atoms with Gasteiger partial charge in [0, 0.05) is 13.0 Å². The van der Waals surface area contributed by atoms with Gasteiger partial charge in [-0.3, -0.25) is 4.79 Å². The van der Waals surface area contributed by atoms with E-state index in [1.807, 2.05) is 0 Å². The van der Waals surface area contributed by atoms with E-state index in [1.54, 1.807) is 0 Å². The largest absolute Gasteiger partial charge is 0.573 e.